The Morgan fingerprint density at radius 1 is 1.12 bits per heavy atom. The maximum absolute atomic E-state index is 12.4. The molecular weight excluding hydrogens is 376 g/mol. The fourth-order valence-corrected chi connectivity index (χ4v) is 5.70. The van der Waals surface area contributed by atoms with Gasteiger partial charge in [-0.3, -0.25) is 9.59 Å². The van der Waals surface area contributed by atoms with Crippen molar-refractivity contribution in [3.63, 3.8) is 0 Å². The molecular formula is C17H18N2O5S2. The number of ketones is 2. The van der Waals surface area contributed by atoms with Crippen LogP contribution in [-0.2, 0) is 19.7 Å². The van der Waals surface area contributed by atoms with Crippen LogP contribution >= 0.6 is 11.8 Å². The molecule has 0 amide bonds. The number of fused-ring (bicyclic) bond motifs is 2. The number of nitrogens with zero attached hydrogens (tertiary/aromatic N) is 1. The van der Waals surface area contributed by atoms with Gasteiger partial charge in [0.1, 0.15) is 16.3 Å². The summed E-state index contributed by atoms with van der Waals surface area (Å²) in [5.41, 5.74) is 0.477. The van der Waals surface area contributed by atoms with Gasteiger partial charge in [0.25, 0.3) is 10.2 Å². The van der Waals surface area contributed by atoms with Gasteiger partial charge < -0.3 is 4.74 Å². The van der Waals surface area contributed by atoms with Crippen LogP contribution in [-0.4, -0.2) is 55.8 Å². The molecule has 0 radical (unpaired) electrons. The molecule has 0 atom stereocenters. The number of hydrogen-bond acceptors (Lipinski definition) is 6. The second-order valence-corrected chi connectivity index (χ2v) is 9.40. The maximum atomic E-state index is 12.4. The number of allylic oxidation sites excluding steroid dienone is 1. The predicted octanol–water partition coefficient (Wildman–Crippen LogP) is 1.18. The second-order valence-electron chi connectivity index (χ2n) is 6.54. The van der Waals surface area contributed by atoms with Crippen LogP contribution in [0.1, 0.15) is 28.8 Å². The minimum Gasteiger partial charge on any atom is -0.484 e. The van der Waals surface area contributed by atoms with E-state index in [-0.39, 0.29) is 0 Å². The molecule has 1 spiro atoms. The number of carbonyl (C=O) groups is 2. The SMILES string of the molecule is CNS(=O)(=O)N1CCC2(CC1)CSC1=C(O2)c2ccccc2C(=O)C1=O. The van der Waals surface area contributed by atoms with Crippen molar-refractivity contribution >= 4 is 39.3 Å². The Bertz CT molecular complexity index is 930. The first-order valence-corrected chi connectivity index (χ1v) is 10.7. The number of ether oxygens (including phenoxy) is 1. The summed E-state index contributed by atoms with van der Waals surface area (Å²) >= 11 is 1.34. The zero-order valence-electron chi connectivity index (χ0n) is 14.1. The third kappa shape index (κ3) is 2.70. The third-order valence-electron chi connectivity index (χ3n) is 5.06. The fraction of sp³-hybridized carbons (Fsp3) is 0.412. The van der Waals surface area contributed by atoms with Crippen LogP contribution in [0, 0.1) is 0 Å². The number of piperidine rings is 1. The monoisotopic (exact) mass is 394 g/mol. The molecule has 26 heavy (non-hydrogen) atoms. The van der Waals surface area contributed by atoms with E-state index in [4.69, 9.17) is 4.74 Å². The molecule has 1 aromatic rings. The van der Waals surface area contributed by atoms with Crippen LogP contribution < -0.4 is 4.72 Å². The van der Waals surface area contributed by atoms with Crippen LogP contribution in [0.25, 0.3) is 5.76 Å². The first-order valence-electron chi connectivity index (χ1n) is 8.30. The summed E-state index contributed by atoms with van der Waals surface area (Å²) in [5, 5.41) is 0. The third-order valence-corrected chi connectivity index (χ3v) is 7.96. The molecule has 3 aliphatic rings. The van der Waals surface area contributed by atoms with Crippen molar-refractivity contribution in [3.05, 3.63) is 40.3 Å². The standard InChI is InChI=1S/C17H18N2O5S2/c1-18-26(22,23)19-8-6-17(7-9-19)10-25-16-14(21)13(20)11-4-2-3-5-12(11)15(16)24-17/h2-5,18H,6-10H2,1H3. The van der Waals surface area contributed by atoms with E-state index in [9.17, 15) is 18.0 Å². The molecule has 9 heteroatoms. The summed E-state index contributed by atoms with van der Waals surface area (Å²) in [4.78, 5) is 25.1. The van der Waals surface area contributed by atoms with E-state index < -0.39 is 27.4 Å². The maximum Gasteiger partial charge on any atom is 0.279 e. The molecule has 1 N–H and O–H groups in total. The molecule has 2 aliphatic heterocycles. The van der Waals surface area contributed by atoms with Crippen molar-refractivity contribution in [2.24, 2.45) is 0 Å². The van der Waals surface area contributed by atoms with Gasteiger partial charge >= 0.3 is 0 Å². The number of thioether (sulfide) groups is 1. The molecule has 0 unspecified atom stereocenters. The van der Waals surface area contributed by atoms with Crippen molar-refractivity contribution in [3.8, 4) is 0 Å². The number of carbonyl (C=O) groups excluding carboxylic acids is 2. The quantitative estimate of drug-likeness (QED) is 0.758. The molecule has 1 aromatic carbocycles. The van der Waals surface area contributed by atoms with Crippen LogP contribution in [0.2, 0.25) is 0 Å². The average molecular weight is 394 g/mol. The fourth-order valence-electron chi connectivity index (χ4n) is 3.52. The Hall–Kier alpha value is -1.68. The molecule has 138 valence electrons. The van der Waals surface area contributed by atoms with Gasteiger partial charge in [-0.2, -0.15) is 12.7 Å². The minimum atomic E-state index is -3.45. The molecule has 1 fully saturated rings. The molecule has 0 bridgehead atoms. The first-order chi connectivity index (χ1) is 12.4. The highest BCUT2D eigenvalue weighted by atomic mass is 32.2. The molecule has 4 rings (SSSR count). The van der Waals surface area contributed by atoms with Crippen LogP contribution in [0.15, 0.2) is 29.2 Å². The van der Waals surface area contributed by atoms with Gasteiger partial charge in [-0.05, 0) is 0 Å². The van der Waals surface area contributed by atoms with Crippen molar-refractivity contribution in [2.75, 3.05) is 25.9 Å². The van der Waals surface area contributed by atoms with E-state index in [1.807, 2.05) is 6.07 Å². The van der Waals surface area contributed by atoms with E-state index >= 15 is 0 Å². The van der Waals surface area contributed by atoms with Crippen molar-refractivity contribution < 1.29 is 22.7 Å². The van der Waals surface area contributed by atoms with Gasteiger partial charge in [0.2, 0.25) is 11.6 Å². The lowest BCUT2D eigenvalue weighted by Gasteiger charge is -2.44. The lowest BCUT2D eigenvalue weighted by atomic mass is 9.90. The highest BCUT2D eigenvalue weighted by Crippen LogP contribution is 2.47. The van der Waals surface area contributed by atoms with Gasteiger partial charge in [0.15, 0.2) is 0 Å². The topological polar surface area (TPSA) is 92.8 Å². The summed E-state index contributed by atoms with van der Waals surface area (Å²) in [6.45, 7) is 0.696. The first kappa shape index (κ1) is 17.7. The van der Waals surface area contributed by atoms with Crippen LogP contribution in [0.4, 0.5) is 0 Å². The smallest absolute Gasteiger partial charge is 0.279 e. The Morgan fingerprint density at radius 2 is 1.77 bits per heavy atom. The molecule has 0 aromatic heterocycles. The average Bonchev–Trinajstić information content (AvgIpc) is 2.66. The lowest BCUT2D eigenvalue weighted by Crippen LogP contribution is -2.52. The van der Waals surface area contributed by atoms with Gasteiger partial charge in [0.05, 0.1) is 0 Å². The van der Waals surface area contributed by atoms with E-state index in [1.54, 1.807) is 18.2 Å². The van der Waals surface area contributed by atoms with Crippen molar-refractivity contribution in [1.82, 2.24) is 9.03 Å². The summed E-state index contributed by atoms with van der Waals surface area (Å²) in [6.07, 6.45) is 1.06. The predicted molar refractivity (Wildman–Crippen MR) is 97.8 cm³/mol. The van der Waals surface area contributed by atoms with E-state index in [0.717, 1.165) is 0 Å². The minimum absolute atomic E-state index is 0.348. The molecule has 0 saturated carbocycles. The Morgan fingerprint density at radius 3 is 2.42 bits per heavy atom. The van der Waals surface area contributed by atoms with E-state index in [0.29, 0.717) is 53.5 Å². The van der Waals surface area contributed by atoms with E-state index in [1.165, 1.54) is 23.1 Å². The highest BCUT2D eigenvalue weighted by Gasteiger charge is 2.46. The lowest BCUT2D eigenvalue weighted by molar-refractivity contribution is -0.111. The second kappa shape index (κ2) is 6.19. The number of rotatable bonds is 2. The van der Waals surface area contributed by atoms with Gasteiger partial charge in [-0.1, -0.05) is 24.3 Å². The number of Topliss-reactive ketones (excluding diaryl/α,β-unsaturated/α-hetero) is 2. The normalized spacial score (nSPS) is 22.8. The van der Waals surface area contributed by atoms with Crippen molar-refractivity contribution in [2.45, 2.75) is 18.4 Å². The molecule has 2 heterocycles. The molecule has 1 saturated heterocycles. The summed E-state index contributed by atoms with van der Waals surface area (Å²) in [6, 6.07) is 6.96. The van der Waals surface area contributed by atoms with Crippen LogP contribution in [0.3, 0.4) is 0 Å². The van der Waals surface area contributed by atoms with Crippen LogP contribution in [0.5, 0.6) is 0 Å². The van der Waals surface area contributed by atoms with E-state index in [2.05, 4.69) is 4.72 Å². The molecule has 7 nitrogen and oxygen atoms in total. The summed E-state index contributed by atoms with van der Waals surface area (Å²) in [7, 11) is -2.06. The number of nitrogens with one attached hydrogen (secondary N) is 1. The number of hydrogen-bond donors (Lipinski definition) is 1. The number of benzene rings is 1. The summed E-state index contributed by atoms with van der Waals surface area (Å²) in [5.74, 6) is -0.0260. The van der Waals surface area contributed by atoms with Gasteiger partial charge in [0, 0.05) is 49.9 Å². The summed E-state index contributed by atoms with van der Waals surface area (Å²) < 4.78 is 34.0. The highest BCUT2D eigenvalue weighted by molar-refractivity contribution is 8.04. The van der Waals surface area contributed by atoms with Gasteiger partial charge in [-0.25, -0.2) is 4.72 Å². The Labute approximate surface area is 156 Å². The molecule has 1 aliphatic carbocycles. The van der Waals surface area contributed by atoms with Gasteiger partial charge in [-0.15, -0.1) is 11.8 Å². The zero-order valence-corrected chi connectivity index (χ0v) is 15.8. The Balaban J connectivity index is 1.64. The Kier molecular flexibility index (Phi) is 4.22. The largest absolute Gasteiger partial charge is 0.484 e. The zero-order chi connectivity index (χ0) is 18.5. The van der Waals surface area contributed by atoms with Crippen molar-refractivity contribution in [1.29, 1.82) is 0 Å².